The Balaban J connectivity index is 2.38. The normalized spacial score (nSPS) is 19.0. The number of benzene rings is 1. The molecule has 5 nitrogen and oxygen atoms in total. The van der Waals surface area contributed by atoms with E-state index in [1.165, 1.54) is 26.0 Å². The van der Waals surface area contributed by atoms with Crippen LogP contribution in [-0.2, 0) is 19.1 Å². The van der Waals surface area contributed by atoms with E-state index in [2.05, 4.69) is 11.8 Å². The van der Waals surface area contributed by atoms with E-state index in [9.17, 15) is 14.7 Å². The van der Waals surface area contributed by atoms with E-state index < -0.39 is 29.6 Å². The summed E-state index contributed by atoms with van der Waals surface area (Å²) < 4.78 is 10.3. The Morgan fingerprint density at radius 1 is 1.14 bits per heavy atom. The molecule has 0 amide bonds. The third-order valence-electron chi connectivity index (χ3n) is 3.09. The highest BCUT2D eigenvalue weighted by atomic mass is 16.7. The third-order valence-corrected chi connectivity index (χ3v) is 3.09. The van der Waals surface area contributed by atoms with E-state index in [4.69, 9.17) is 9.47 Å². The lowest BCUT2D eigenvalue weighted by molar-refractivity contribution is -0.240. The first-order valence-corrected chi connectivity index (χ1v) is 6.51. The van der Waals surface area contributed by atoms with Gasteiger partial charge in [-0.25, -0.2) is 0 Å². The average Bonchev–Trinajstić information content (AvgIpc) is 2.36. The van der Waals surface area contributed by atoms with Crippen molar-refractivity contribution in [1.82, 2.24) is 0 Å². The van der Waals surface area contributed by atoms with Gasteiger partial charge >= 0.3 is 11.9 Å². The van der Waals surface area contributed by atoms with Gasteiger partial charge < -0.3 is 14.6 Å². The zero-order valence-corrected chi connectivity index (χ0v) is 12.0. The summed E-state index contributed by atoms with van der Waals surface area (Å²) in [5.74, 6) is 1.27. The Morgan fingerprint density at radius 2 is 1.67 bits per heavy atom. The summed E-state index contributed by atoms with van der Waals surface area (Å²) >= 11 is 0. The van der Waals surface area contributed by atoms with Crippen LogP contribution in [0.2, 0.25) is 0 Å². The van der Waals surface area contributed by atoms with Gasteiger partial charge in [0.05, 0.1) is 5.92 Å². The maximum atomic E-state index is 12.1. The molecule has 0 bridgehead atoms. The van der Waals surface area contributed by atoms with Gasteiger partial charge in [-0.05, 0) is 24.6 Å². The standard InChI is InChI=1S/C16H16O5/c1-4-5-12(10-6-8-11(17)9-7-10)13-14(18)20-16(2,3)21-15(13)19/h6-9,12-13,17H,1-3H3/t12-/m1/s1. The zero-order valence-electron chi connectivity index (χ0n) is 12.0. The van der Waals surface area contributed by atoms with Crippen LogP contribution < -0.4 is 0 Å². The average molecular weight is 288 g/mol. The van der Waals surface area contributed by atoms with E-state index in [0.29, 0.717) is 5.56 Å². The van der Waals surface area contributed by atoms with Crippen LogP contribution in [0.1, 0.15) is 32.3 Å². The van der Waals surface area contributed by atoms with E-state index in [1.54, 1.807) is 19.1 Å². The van der Waals surface area contributed by atoms with Crippen molar-refractivity contribution in [2.24, 2.45) is 5.92 Å². The number of hydrogen-bond donors (Lipinski definition) is 1. The molecule has 0 radical (unpaired) electrons. The molecule has 1 aliphatic rings. The first-order chi connectivity index (χ1) is 9.84. The van der Waals surface area contributed by atoms with Crippen LogP contribution in [0, 0.1) is 17.8 Å². The highest BCUT2D eigenvalue weighted by Crippen LogP contribution is 2.33. The second-order valence-electron chi connectivity index (χ2n) is 5.18. The fourth-order valence-electron chi connectivity index (χ4n) is 2.20. The van der Waals surface area contributed by atoms with Gasteiger partial charge in [-0.3, -0.25) is 9.59 Å². The molecule has 1 heterocycles. The van der Waals surface area contributed by atoms with Crippen LogP contribution in [0.15, 0.2) is 24.3 Å². The molecule has 0 spiro atoms. The number of esters is 2. The number of carbonyl (C=O) groups excluding carboxylic acids is 2. The van der Waals surface area contributed by atoms with Crippen LogP contribution in [0.3, 0.4) is 0 Å². The lowest BCUT2D eigenvalue weighted by Crippen LogP contribution is -2.48. The number of phenolic OH excluding ortho intramolecular Hbond substituents is 1. The summed E-state index contributed by atoms with van der Waals surface area (Å²) in [4.78, 5) is 24.3. The summed E-state index contributed by atoms with van der Waals surface area (Å²) in [5.41, 5.74) is 0.640. The number of aromatic hydroxyl groups is 1. The predicted molar refractivity (Wildman–Crippen MR) is 74.1 cm³/mol. The monoisotopic (exact) mass is 288 g/mol. The summed E-state index contributed by atoms with van der Waals surface area (Å²) in [6.45, 7) is 4.62. The molecule has 21 heavy (non-hydrogen) atoms. The second kappa shape index (κ2) is 5.49. The van der Waals surface area contributed by atoms with Crippen LogP contribution in [-0.4, -0.2) is 22.8 Å². The number of ether oxygens (including phenoxy) is 2. The van der Waals surface area contributed by atoms with Crippen molar-refractivity contribution in [3.63, 3.8) is 0 Å². The first-order valence-electron chi connectivity index (χ1n) is 6.51. The smallest absolute Gasteiger partial charge is 0.325 e. The maximum Gasteiger partial charge on any atom is 0.325 e. The largest absolute Gasteiger partial charge is 0.508 e. The highest BCUT2D eigenvalue weighted by Gasteiger charge is 2.47. The molecule has 110 valence electrons. The predicted octanol–water partition coefficient (Wildman–Crippen LogP) is 1.95. The molecule has 0 saturated carbocycles. The Hall–Kier alpha value is -2.48. The number of cyclic esters (lactones) is 2. The highest BCUT2D eigenvalue weighted by molar-refractivity contribution is 5.98. The fraction of sp³-hybridized carbons (Fsp3) is 0.375. The molecule has 1 aliphatic heterocycles. The minimum Gasteiger partial charge on any atom is -0.508 e. The summed E-state index contributed by atoms with van der Waals surface area (Å²) in [6, 6.07) is 6.18. The molecule has 1 aromatic rings. The van der Waals surface area contributed by atoms with E-state index in [0.717, 1.165) is 0 Å². The summed E-state index contributed by atoms with van der Waals surface area (Å²) in [5, 5.41) is 9.33. The Labute approximate surface area is 122 Å². The van der Waals surface area contributed by atoms with E-state index in [1.807, 2.05) is 0 Å². The van der Waals surface area contributed by atoms with Crippen molar-refractivity contribution >= 4 is 11.9 Å². The molecule has 1 N–H and O–H groups in total. The topological polar surface area (TPSA) is 72.8 Å². The van der Waals surface area contributed by atoms with Gasteiger partial charge in [0.25, 0.3) is 5.79 Å². The van der Waals surface area contributed by atoms with Crippen molar-refractivity contribution in [3.8, 4) is 17.6 Å². The van der Waals surface area contributed by atoms with Gasteiger partial charge in [0, 0.05) is 13.8 Å². The molecule has 2 rings (SSSR count). The Morgan fingerprint density at radius 3 is 2.14 bits per heavy atom. The van der Waals surface area contributed by atoms with Crippen molar-refractivity contribution in [2.45, 2.75) is 32.5 Å². The molecule has 5 heteroatoms. The van der Waals surface area contributed by atoms with Crippen LogP contribution in [0.5, 0.6) is 5.75 Å². The maximum absolute atomic E-state index is 12.1. The van der Waals surface area contributed by atoms with Gasteiger partial charge in [-0.1, -0.05) is 18.1 Å². The van der Waals surface area contributed by atoms with E-state index in [-0.39, 0.29) is 5.75 Å². The molecular weight excluding hydrogens is 272 g/mol. The van der Waals surface area contributed by atoms with Crippen molar-refractivity contribution in [2.75, 3.05) is 0 Å². The van der Waals surface area contributed by atoms with Gasteiger partial charge in [0.2, 0.25) is 0 Å². The summed E-state index contributed by atoms with van der Waals surface area (Å²) in [6.07, 6.45) is 0. The molecule has 1 saturated heterocycles. The van der Waals surface area contributed by atoms with Crippen molar-refractivity contribution in [1.29, 1.82) is 0 Å². The van der Waals surface area contributed by atoms with Gasteiger partial charge in [0.1, 0.15) is 5.75 Å². The van der Waals surface area contributed by atoms with Gasteiger partial charge in [-0.2, -0.15) is 0 Å². The zero-order chi connectivity index (χ0) is 15.6. The molecule has 1 aromatic carbocycles. The number of phenols is 1. The van der Waals surface area contributed by atoms with Crippen LogP contribution in [0.25, 0.3) is 0 Å². The molecule has 0 aliphatic carbocycles. The van der Waals surface area contributed by atoms with Crippen molar-refractivity contribution in [3.05, 3.63) is 29.8 Å². The van der Waals surface area contributed by atoms with Gasteiger partial charge in [-0.15, -0.1) is 5.92 Å². The lowest BCUT2D eigenvalue weighted by atomic mass is 9.85. The number of hydrogen-bond acceptors (Lipinski definition) is 5. The van der Waals surface area contributed by atoms with Crippen molar-refractivity contribution < 1.29 is 24.2 Å². The number of rotatable bonds is 2. The first kappa shape index (κ1) is 14.9. The SMILES string of the molecule is CC#C[C@H](c1ccc(O)cc1)C1C(=O)OC(C)(C)OC1=O. The second-order valence-corrected chi connectivity index (χ2v) is 5.18. The van der Waals surface area contributed by atoms with E-state index >= 15 is 0 Å². The molecule has 0 aromatic heterocycles. The minimum atomic E-state index is -1.26. The third kappa shape index (κ3) is 3.16. The number of carbonyl (C=O) groups is 2. The summed E-state index contributed by atoms with van der Waals surface area (Å²) in [7, 11) is 0. The molecule has 0 unspecified atom stereocenters. The molecular formula is C16H16O5. The quantitative estimate of drug-likeness (QED) is 0.511. The Kier molecular flexibility index (Phi) is 3.90. The molecule has 1 atom stereocenters. The molecule has 1 fully saturated rings. The Bertz CT molecular complexity index is 598. The lowest BCUT2D eigenvalue weighted by Gasteiger charge is -2.34. The van der Waals surface area contributed by atoms with Gasteiger partial charge in [0.15, 0.2) is 5.92 Å². The van der Waals surface area contributed by atoms with Crippen LogP contribution >= 0.6 is 0 Å². The minimum absolute atomic E-state index is 0.0943. The van der Waals surface area contributed by atoms with Crippen LogP contribution in [0.4, 0.5) is 0 Å². The fourth-order valence-corrected chi connectivity index (χ4v) is 2.20.